The van der Waals surface area contributed by atoms with Crippen LogP contribution >= 0.6 is 11.3 Å². The molecule has 0 radical (unpaired) electrons. The van der Waals surface area contributed by atoms with Crippen LogP contribution in [0.2, 0.25) is 0 Å². The highest BCUT2D eigenvalue weighted by Crippen LogP contribution is 2.40. The van der Waals surface area contributed by atoms with Crippen LogP contribution in [0.4, 0.5) is 5.00 Å². The van der Waals surface area contributed by atoms with Crippen molar-refractivity contribution in [3.8, 4) is 11.8 Å². The second-order valence-corrected chi connectivity index (χ2v) is 7.12. The van der Waals surface area contributed by atoms with Gasteiger partial charge in [-0.2, -0.15) is 5.26 Å². The summed E-state index contributed by atoms with van der Waals surface area (Å²) in [4.78, 5) is 13.7. The van der Waals surface area contributed by atoms with E-state index in [9.17, 15) is 10.1 Å². The van der Waals surface area contributed by atoms with E-state index in [4.69, 9.17) is 4.74 Å². The Morgan fingerprint density at radius 3 is 2.79 bits per heavy atom. The van der Waals surface area contributed by atoms with Gasteiger partial charge in [0.1, 0.15) is 16.8 Å². The highest BCUT2D eigenvalue weighted by molar-refractivity contribution is 7.16. The van der Waals surface area contributed by atoms with Gasteiger partial charge in [0, 0.05) is 10.4 Å². The van der Waals surface area contributed by atoms with Crippen LogP contribution < -0.4 is 10.1 Å². The number of methoxy groups -OCH3 is 1. The molecule has 0 bridgehead atoms. The molecule has 0 saturated carbocycles. The topological polar surface area (TPSA) is 62.1 Å². The third-order valence-corrected chi connectivity index (χ3v) is 5.81. The van der Waals surface area contributed by atoms with Crippen LogP contribution in [-0.4, -0.2) is 13.0 Å². The van der Waals surface area contributed by atoms with Gasteiger partial charge in [-0.05, 0) is 55.0 Å². The number of carbonyl (C=O) groups excluding carboxylic acids is 1. The van der Waals surface area contributed by atoms with Crippen LogP contribution in [0.3, 0.4) is 0 Å². The number of anilines is 1. The maximum Gasteiger partial charge on any atom is 0.256 e. The Balaban J connectivity index is 1.83. The standard InChI is InChI=1S/C19H20N2O2S/c1-3-12-4-9-15-16(11-20)19(24-17(15)10-12)21-18(22)13-5-7-14(23-2)8-6-13/h5-8,12H,3-4,9-10H2,1-2H3,(H,21,22). The smallest absolute Gasteiger partial charge is 0.256 e. The van der Waals surface area contributed by atoms with E-state index in [-0.39, 0.29) is 5.91 Å². The summed E-state index contributed by atoms with van der Waals surface area (Å²) in [6.45, 7) is 2.21. The van der Waals surface area contributed by atoms with E-state index >= 15 is 0 Å². The van der Waals surface area contributed by atoms with E-state index in [2.05, 4.69) is 18.3 Å². The average Bonchev–Trinajstić information content (AvgIpc) is 2.97. The highest BCUT2D eigenvalue weighted by atomic mass is 32.1. The van der Waals surface area contributed by atoms with E-state index in [1.54, 1.807) is 42.7 Å². The first-order valence-corrected chi connectivity index (χ1v) is 8.98. The van der Waals surface area contributed by atoms with E-state index in [0.29, 0.717) is 27.8 Å². The van der Waals surface area contributed by atoms with Crippen molar-refractivity contribution >= 4 is 22.2 Å². The Morgan fingerprint density at radius 2 is 2.17 bits per heavy atom. The number of ether oxygens (including phenoxy) is 1. The summed E-state index contributed by atoms with van der Waals surface area (Å²) >= 11 is 1.56. The minimum Gasteiger partial charge on any atom is -0.497 e. The van der Waals surface area contributed by atoms with E-state index in [1.165, 1.54) is 4.88 Å². The van der Waals surface area contributed by atoms with Crippen molar-refractivity contribution in [2.75, 3.05) is 12.4 Å². The maximum atomic E-state index is 12.5. The number of nitrogens with zero attached hydrogens (tertiary/aromatic N) is 1. The number of carbonyl (C=O) groups is 1. The number of benzene rings is 1. The molecule has 1 N–H and O–H groups in total. The quantitative estimate of drug-likeness (QED) is 0.897. The molecule has 1 amide bonds. The molecular weight excluding hydrogens is 320 g/mol. The molecular formula is C19H20N2O2S. The van der Waals surface area contributed by atoms with Crippen LogP contribution in [0.15, 0.2) is 24.3 Å². The molecule has 3 rings (SSSR count). The summed E-state index contributed by atoms with van der Waals surface area (Å²) in [6, 6.07) is 9.24. The Kier molecular flexibility index (Phi) is 4.86. The van der Waals surface area contributed by atoms with Gasteiger partial charge in [0.2, 0.25) is 0 Å². The molecule has 5 heteroatoms. The Morgan fingerprint density at radius 1 is 1.42 bits per heavy atom. The second-order valence-electron chi connectivity index (χ2n) is 6.02. The van der Waals surface area contributed by atoms with Crippen LogP contribution in [0, 0.1) is 17.2 Å². The summed E-state index contributed by atoms with van der Waals surface area (Å²) in [7, 11) is 1.59. The summed E-state index contributed by atoms with van der Waals surface area (Å²) in [5, 5.41) is 13.1. The van der Waals surface area contributed by atoms with Gasteiger partial charge in [-0.1, -0.05) is 13.3 Å². The van der Waals surface area contributed by atoms with Crippen molar-refractivity contribution in [1.82, 2.24) is 0 Å². The molecule has 0 fully saturated rings. The van der Waals surface area contributed by atoms with E-state index in [0.717, 1.165) is 31.2 Å². The zero-order valence-corrected chi connectivity index (χ0v) is 14.7. The van der Waals surface area contributed by atoms with Gasteiger partial charge in [0.05, 0.1) is 12.7 Å². The normalized spacial score (nSPS) is 16.1. The molecule has 1 unspecified atom stereocenters. The van der Waals surface area contributed by atoms with Gasteiger partial charge >= 0.3 is 0 Å². The lowest BCUT2D eigenvalue weighted by atomic mass is 9.86. The third-order valence-electron chi connectivity index (χ3n) is 4.64. The molecule has 1 heterocycles. The van der Waals surface area contributed by atoms with Gasteiger partial charge in [-0.15, -0.1) is 11.3 Å². The molecule has 124 valence electrons. The molecule has 0 aliphatic heterocycles. The molecule has 0 saturated heterocycles. The summed E-state index contributed by atoms with van der Waals surface area (Å²) in [5.41, 5.74) is 2.33. The minimum atomic E-state index is -0.195. The summed E-state index contributed by atoms with van der Waals surface area (Å²) in [5.74, 6) is 1.20. The molecule has 1 atom stereocenters. The largest absolute Gasteiger partial charge is 0.497 e. The molecule has 1 aliphatic rings. The van der Waals surface area contributed by atoms with Gasteiger partial charge in [0.25, 0.3) is 5.91 Å². The number of rotatable bonds is 4. The minimum absolute atomic E-state index is 0.195. The molecule has 0 spiro atoms. The molecule has 1 aromatic carbocycles. The first-order chi connectivity index (χ1) is 11.7. The van der Waals surface area contributed by atoms with Gasteiger partial charge in [0.15, 0.2) is 0 Å². The van der Waals surface area contributed by atoms with Crippen LogP contribution in [0.25, 0.3) is 0 Å². The number of nitrogens with one attached hydrogen (secondary N) is 1. The van der Waals surface area contributed by atoms with Crippen molar-refractivity contribution in [1.29, 1.82) is 5.26 Å². The van der Waals surface area contributed by atoms with E-state index in [1.807, 2.05) is 0 Å². The number of hydrogen-bond donors (Lipinski definition) is 1. The first kappa shape index (κ1) is 16.5. The van der Waals surface area contributed by atoms with Crippen LogP contribution in [-0.2, 0) is 12.8 Å². The van der Waals surface area contributed by atoms with Crippen molar-refractivity contribution in [2.45, 2.75) is 32.6 Å². The summed E-state index contributed by atoms with van der Waals surface area (Å²) < 4.78 is 5.11. The molecule has 1 aliphatic carbocycles. The monoisotopic (exact) mass is 340 g/mol. The SMILES string of the molecule is CCC1CCc2c(sc(NC(=O)c3ccc(OC)cc3)c2C#N)C1. The van der Waals surface area contributed by atoms with Gasteiger partial charge < -0.3 is 10.1 Å². The lowest BCUT2D eigenvalue weighted by Gasteiger charge is -2.20. The molecule has 4 nitrogen and oxygen atoms in total. The number of amides is 1. The molecule has 24 heavy (non-hydrogen) atoms. The first-order valence-electron chi connectivity index (χ1n) is 8.16. The average molecular weight is 340 g/mol. The molecule has 2 aromatic rings. The van der Waals surface area contributed by atoms with Crippen LogP contribution in [0.5, 0.6) is 5.75 Å². The second kappa shape index (κ2) is 7.06. The number of fused-ring (bicyclic) bond motifs is 1. The lowest BCUT2D eigenvalue weighted by Crippen LogP contribution is -2.12. The number of hydrogen-bond acceptors (Lipinski definition) is 4. The summed E-state index contributed by atoms with van der Waals surface area (Å²) in [6.07, 6.45) is 4.24. The number of nitriles is 1. The Labute approximate surface area is 146 Å². The van der Waals surface area contributed by atoms with Gasteiger partial charge in [-0.3, -0.25) is 4.79 Å². The predicted octanol–water partition coefficient (Wildman–Crippen LogP) is 4.40. The van der Waals surface area contributed by atoms with Crippen molar-refractivity contribution < 1.29 is 9.53 Å². The number of thiophene rings is 1. The Bertz CT molecular complexity index is 787. The van der Waals surface area contributed by atoms with Crippen molar-refractivity contribution in [3.63, 3.8) is 0 Å². The maximum absolute atomic E-state index is 12.5. The fraction of sp³-hybridized carbons (Fsp3) is 0.368. The van der Waals surface area contributed by atoms with E-state index < -0.39 is 0 Å². The Hall–Kier alpha value is -2.32. The van der Waals surface area contributed by atoms with Crippen LogP contribution in [0.1, 0.15) is 46.1 Å². The highest BCUT2D eigenvalue weighted by Gasteiger charge is 2.25. The van der Waals surface area contributed by atoms with Gasteiger partial charge in [-0.25, -0.2) is 0 Å². The fourth-order valence-corrected chi connectivity index (χ4v) is 4.43. The zero-order valence-electron chi connectivity index (χ0n) is 13.9. The van der Waals surface area contributed by atoms with Crippen molar-refractivity contribution in [3.05, 3.63) is 45.8 Å². The van der Waals surface area contributed by atoms with Crippen molar-refractivity contribution in [2.24, 2.45) is 5.92 Å². The molecule has 1 aromatic heterocycles. The lowest BCUT2D eigenvalue weighted by molar-refractivity contribution is 0.102. The predicted molar refractivity (Wildman–Crippen MR) is 95.8 cm³/mol. The zero-order chi connectivity index (χ0) is 17.1. The third kappa shape index (κ3) is 3.15. The fourth-order valence-electron chi connectivity index (χ4n) is 3.13.